The normalized spacial score (nSPS) is 26.7. The Hall–Kier alpha value is -0.570. The van der Waals surface area contributed by atoms with Gasteiger partial charge >= 0.3 is 5.97 Å². The summed E-state index contributed by atoms with van der Waals surface area (Å²) in [7, 11) is 0. The van der Waals surface area contributed by atoms with Crippen molar-refractivity contribution in [2.75, 3.05) is 6.54 Å². The van der Waals surface area contributed by atoms with Crippen molar-refractivity contribution in [1.29, 1.82) is 0 Å². The molecule has 17 heavy (non-hydrogen) atoms. The predicted molar refractivity (Wildman–Crippen MR) is 70.1 cm³/mol. The minimum Gasteiger partial charge on any atom is -0.480 e. The number of carboxylic acid groups (broad SMARTS) is 1. The summed E-state index contributed by atoms with van der Waals surface area (Å²) in [6.45, 7) is 5.21. The monoisotopic (exact) mass is 241 g/mol. The molecule has 0 saturated heterocycles. The largest absolute Gasteiger partial charge is 0.480 e. The zero-order valence-corrected chi connectivity index (χ0v) is 11.2. The molecule has 0 heterocycles. The first-order valence-electron chi connectivity index (χ1n) is 7.09. The number of nitrogens with one attached hydrogen (secondary N) is 1. The summed E-state index contributed by atoms with van der Waals surface area (Å²) in [5, 5.41) is 12.2. The molecule has 0 aromatic carbocycles. The van der Waals surface area contributed by atoms with Gasteiger partial charge < -0.3 is 10.4 Å². The van der Waals surface area contributed by atoms with Crippen LogP contribution >= 0.6 is 0 Å². The highest BCUT2D eigenvalue weighted by Gasteiger charge is 2.20. The van der Waals surface area contributed by atoms with E-state index in [-0.39, 0.29) is 6.04 Å². The second-order valence-electron chi connectivity index (χ2n) is 5.56. The van der Waals surface area contributed by atoms with Gasteiger partial charge in [-0.05, 0) is 37.6 Å². The van der Waals surface area contributed by atoms with Gasteiger partial charge in [0.2, 0.25) is 0 Å². The van der Waals surface area contributed by atoms with E-state index in [0.717, 1.165) is 37.6 Å². The van der Waals surface area contributed by atoms with Crippen LogP contribution in [0, 0.1) is 11.8 Å². The molecule has 1 aliphatic carbocycles. The van der Waals surface area contributed by atoms with Crippen LogP contribution in [0.25, 0.3) is 0 Å². The van der Waals surface area contributed by atoms with E-state index in [1.54, 1.807) is 0 Å². The second-order valence-corrected chi connectivity index (χ2v) is 5.56. The third-order valence-electron chi connectivity index (χ3n) is 3.86. The van der Waals surface area contributed by atoms with E-state index in [1.165, 1.54) is 25.7 Å². The molecule has 3 atom stereocenters. The molecule has 3 heteroatoms. The average Bonchev–Trinajstić information content (AvgIpc) is 2.28. The Kier molecular flexibility index (Phi) is 6.56. The zero-order chi connectivity index (χ0) is 12.7. The SMILES string of the molecule is CCCC(NCCC1CCCC(C)C1)C(=O)O. The highest BCUT2D eigenvalue weighted by Crippen LogP contribution is 2.30. The summed E-state index contributed by atoms with van der Waals surface area (Å²) in [5.41, 5.74) is 0. The number of hydrogen-bond acceptors (Lipinski definition) is 2. The molecule has 0 spiro atoms. The van der Waals surface area contributed by atoms with Crippen molar-refractivity contribution >= 4 is 5.97 Å². The van der Waals surface area contributed by atoms with E-state index in [9.17, 15) is 4.79 Å². The molecule has 1 rings (SSSR count). The van der Waals surface area contributed by atoms with E-state index in [0.29, 0.717) is 0 Å². The fourth-order valence-corrected chi connectivity index (χ4v) is 2.89. The summed E-state index contributed by atoms with van der Waals surface area (Å²) in [6, 6.07) is -0.346. The van der Waals surface area contributed by atoms with Gasteiger partial charge in [0.15, 0.2) is 0 Å². The second kappa shape index (κ2) is 7.70. The maximum absolute atomic E-state index is 11.0. The van der Waals surface area contributed by atoms with Crippen molar-refractivity contribution in [3.8, 4) is 0 Å². The van der Waals surface area contributed by atoms with Crippen LogP contribution < -0.4 is 5.32 Å². The van der Waals surface area contributed by atoms with Gasteiger partial charge in [0, 0.05) is 0 Å². The molecule has 0 aromatic rings. The molecule has 3 unspecified atom stereocenters. The Balaban J connectivity index is 2.18. The first-order chi connectivity index (χ1) is 8.13. The molecule has 1 aliphatic rings. The lowest BCUT2D eigenvalue weighted by atomic mass is 9.81. The van der Waals surface area contributed by atoms with Crippen LogP contribution in [0.4, 0.5) is 0 Å². The third-order valence-corrected chi connectivity index (χ3v) is 3.86. The average molecular weight is 241 g/mol. The minimum absolute atomic E-state index is 0.346. The number of carbonyl (C=O) groups is 1. The molecule has 0 radical (unpaired) electrons. The van der Waals surface area contributed by atoms with Crippen LogP contribution in [0.3, 0.4) is 0 Å². The molecule has 1 fully saturated rings. The Morgan fingerprint density at radius 1 is 1.47 bits per heavy atom. The molecule has 100 valence electrons. The maximum atomic E-state index is 11.0. The fraction of sp³-hybridized carbons (Fsp3) is 0.929. The molecule has 0 aliphatic heterocycles. The van der Waals surface area contributed by atoms with E-state index < -0.39 is 5.97 Å². The molecule has 0 aromatic heterocycles. The number of rotatable bonds is 7. The van der Waals surface area contributed by atoms with Crippen molar-refractivity contribution in [3.05, 3.63) is 0 Å². The van der Waals surface area contributed by atoms with Crippen molar-refractivity contribution in [3.63, 3.8) is 0 Å². The van der Waals surface area contributed by atoms with Gasteiger partial charge in [-0.25, -0.2) is 0 Å². The van der Waals surface area contributed by atoms with Crippen LogP contribution in [-0.2, 0) is 4.79 Å². The minimum atomic E-state index is -0.705. The van der Waals surface area contributed by atoms with Crippen LogP contribution in [0.5, 0.6) is 0 Å². The highest BCUT2D eigenvalue weighted by atomic mass is 16.4. The molecule has 0 amide bonds. The standard InChI is InChI=1S/C14H27NO2/c1-3-5-13(14(16)17)15-9-8-12-7-4-6-11(2)10-12/h11-13,15H,3-10H2,1-2H3,(H,16,17). The van der Waals surface area contributed by atoms with Crippen molar-refractivity contribution in [1.82, 2.24) is 5.32 Å². The van der Waals surface area contributed by atoms with Gasteiger partial charge in [0.1, 0.15) is 6.04 Å². The van der Waals surface area contributed by atoms with E-state index >= 15 is 0 Å². The van der Waals surface area contributed by atoms with Crippen LogP contribution in [-0.4, -0.2) is 23.7 Å². The number of hydrogen-bond donors (Lipinski definition) is 2. The maximum Gasteiger partial charge on any atom is 0.320 e. The number of carboxylic acids is 1. The van der Waals surface area contributed by atoms with Crippen molar-refractivity contribution in [2.45, 2.75) is 64.8 Å². The fourth-order valence-electron chi connectivity index (χ4n) is 2.89. The quantitative estimate of drug-likeness (QED) is 0.720. The lowest BCUT2D eigenvalue weighted by Gasteiger charge is -2.27. The van der Waals surface area contributed by atoms with E-state index in [2.05, 4.69) is 12.2 Å². The lowest BCUT2D eigenvalue weighted by molar-refractivity contribution is -0.139. The summed E-state index contributed by atoms with van der Waals surface area (Å²) < 4.78 is 0. The number of aliphatic carboxylic acids is 1. The van der Waals surface area contributed by atoms with Gasteiger partial charge in [0.25, 0.3) is 0 Å². The van der Waals surface area contributed by atoms with Crippen LogP contribution in [0.1, 0.15) is 58.8 Å². The lowest BCUT2D eigenvalue weighted by Crippen LogP contribution is -2.37. The summed E-state index contributed by atoms with van der Waals surface area (Å²) >= 11 is 0. The highest BCUT2D eigenvalue weighted by molar-refractivity contribution is 5.73. The van der Waals surface area contributed by atoms with Gasteiger partial charge in [-0.1, -0.05) is 39.5 Å². The van der Waals surface area contributed by atoms with E-state index in [1.807, 2.05) is 6.92 Å². The first kappa shape index (κ1) is 14.5. The molecule has 1 saturated carbocycles. The third kappa shape index (κ3) is 5.53. The smallest absolute Gasteiger partial charge is 0.320 e. The van der Waals surface area contributed by atoms with Gasteiger partial charge in [-0.2, -0.15) is 0 Å². The Bertz CT molecular complexity index is 230. The molecular formula is C14H27NO2. The van der Waals surface area contributed by atoms with E-state index in [4.69, 9.17) is 5.11 Å². The van der Waals surface area contributed by atoms with Crippen LogP contribution in [0.15, 0.2) is 0 Å². The van der Waals surface area contributed by atoms with Gasteiger partial charge in [-0.15, -0.1) is 0 Å². The van der Waals surface area contributed by atoms with Gasteiger partial charge in [-0.3, -0.25) is 4.79 Å². The Morgan fingerprint density at radius 3 is 2.82 bits per heavy atom. The summed E-state index contributed by atoms with van der Waals surface area (Å²) in [5.74, 6) is 0.964. The molecular weight excluding hydrogens is 214 g/mol. The first-order valence-corrected chi connectivity index (χ1v) is 7.09. The Morgan fingerprint density at radius 2 is 2.24 bits per heavy atom. The van der Waals surface area contributed by atoms with Crippen molar-refractivity contribution < 1.29 is 9.90 Å². The summed E-state index contributed by atoms with van der Waals surface area (Å²) in [6.07, 6.45) is 8.17. The topological polar surface area (TPSA) is 49.3 Å². The van der Waals surface area contributed by atoms with Crippen LogP contribution in [0.2, 0.25) is 0 Å². The molecule has 2 N–H and O–H groups in total. The van der Waals surface area contributed by atoms with Gasteiger partial charge in [0.05, 0.1) is 0 Å². The zero-order valence-electron chi connectivity index (χ0n) is 11.2. The van der Waals surface area contributed by atoms with Crippen molar-refractivity contribution in [2.24, 2.45) is 11.8 Å². The summed E-state index contributed by atoms with van der Waals surface area (Å²) in [4.78, 5) is 11.0. The molecule has 0 bridgehead atoms. The molecule has 3 nitrogen and oxygen atoms in total. The Labute approximate surface area is 105 Å². The predicted octanol–water partition coefficient (Wildman–Crippen LogP) is 3.05.